The van der Waals surface area contributed by atoms with Crippen LogP contribution in [-0.2, 0) is 33.6 Å². The summed E-state index contributed by atoms with van der Waals surface area (Å²) in [4.78, 5) is 33.5. The molecular formula is C27H29N3O9. The second kappa shape index (κ2) is 12.3. The number of aromatic hydroxyl groups is 2. The zero-order valence-electron chi connectivity index (χ0n) is 20.7. The molecule has 3 rings (SSSR count). The number of phenols is 2. The number of ether oxygens (including phenoxy) is 1. The lowest BCUT2D eigenvalue weighted by Crippen LogP contribution is -2.32. The van der Waals surface area contributed by atoms with Crippen molar-refractivity contribution in [2.24, 2.45) is 17.2 Å². The lowest BCUT2D eigenvalue weighted by Gasteiger charge is -2.17. The van der Waals surface area contributed by atoms with Crippen molar-refractivity contribution in [3.8, 4) is 34.1 Å². The van der Waals surface area contributed by atoms with Crippen LogP contribution < -0.4 is 21.9 Å². The minimum absolute atomic E-state index is 0.0474. The van der Waals surface area contributed by atoms with E-state index in [1.165, 1.54) is 30.3 Å². The summed E-state index contributed by atoms with van der Waals surface area (Å²) >= 11 is 0. The monoisotopic (exact) mass is 539 g/mol. The van der Waals surface area contributed by atoms with Crippen molar-refractivity contribution >= 4 is 17.9 Å². The Kier molecular flexibility index (Phi) is 9.09. The second-order valence-corrected chi connectivity index (χ2v) is 9.03. The fraction of sp³-hybridized carbons (Fsp3) is 0.222. The van der Waals surface area contributed by atoms with Crippen molar-refractivity contribution in [2.45, 2.75) is 37.4 Å². The molecule has 0 aromatic heterocycles. The van der Waals surface area contributed by atoms with Crippen LogP contribution in [0.15, 0.2) is 54.6 Å². The molecule has 3 aromatic carbocycles. The lowest BCUT2D eigenvalue weighted by atomic mass is 9.94. The molecule has 0 radical (unpaired) electrons. The molecule has 0 saturated carbocycles. The Morgan fingerprint density at radius 1 is 0.641 bits per heavy atom. The summed E-state index contributed by atoms with van der Waals surface area (Å²) in [5.41, 5.74) is 18.6. The van der Waals surface area contributed by atoms with Gasteiger partial charge in [-0.1, -0.05) is 18.2 Å². The standard InChI is InChI=1S/C27H29N3O9/c28-19(25(33)34)9-13-1-4-16(5-2-13)39-23-12-15(11-21(30)27(37)38)8-18(24(23)32)17-7-14(3-6-22(17)31)10-20(29)26(35)36/h1-8,12,19-21,31-32H,9-11,28-30H2,(H,33,34)(H,35,36)(H,37,38)/t19-,20-,21-/m0/s1. The Balaban J connectivity index is 2.03. The van der Waals surface area contributed by atoms with E-state index in [4.69, 9.17) is 32.2 Å². The van der Waals surface area contributed by atoms with E-state index in [1.807, 2.05) is 0 Å². The molecule has 3 atom stereocenters. The number of carboxylic acids is 3. The van der Waals surface area contributed by atoms with Gasteiger partial charge in [0.1, 0.15) is 29.6 Å². The largest absolute Gasteiger partial charge is 0.507 e. The topological polar surface area (TPSA) is 240 Å². The van der Waals surface area contributed by atoms with Gasteiger partial charge in [0.05, 0.1) is 0 Å². The molecule has 11 N–H and O–H groups in total. The van der Waals surface area contributed by atoms with E-state index < -0.39 is 36.0 Å². The summed E-state index contributed by atoms with van der Waals surface area (Å²) in [6.45, 7) is 0. The molecule has 0 bridgehead atoms. The van der Waals surface area contributed by atoms with E-state index in [1.54, 1.807) is 24.3 Å². The molecule has 12 nitrogen and oxygen atoms in total. The molecule has 0 unspecified atom stereocenters. The molecule has 0 spiro atoms. The summed E-state index contributed by atoms with van der Waals surface area (Å²) < 4.78 is 5.86. The highest BCUT2D eigenvalue weighted by atomic mass is 16.5. The van der Waals surface area contributed by atoms with Crippen LogP contribution in [0.4, 0.5) is 0 Å². The summed E-state index contributed by atoms with van der Waals surface area (Å²) in [7, 11) is 0. The van der Waals surface area contributed by atoms with Gasteiger partial charge in [0.25, 0.3) is 0 Å². The number of rotatable bonds is 12. The van der Waals surface area contributed by atoms with Gasteiger partial charge in [-0.25, -0.2) is 0 Å². The van der Waals surface area contributed by atoms with E-state index in [-0.39, 0.29) is 53.4 Å². The van der Waals surface area contributed by atoms with Crippen molar-refractivity contribution < 1.29 is 44.7 Å². The van der Waals surface area contributed by atoms with Gasteiger partial charge >= 0.3 is 17.9 Å². The maximum atomic E-state index is 11.4. The average molecular weight is 540 g/mol. The molecule has 206 valence electrons. The smallest absolute Gasteiger partial charge is 0.320 e. The maximum Gasteiger partial charge on any atom is 0.320 e. The quantitative estimate of drug-likeness (QED) is 0.163. The minimum atomic E-state index is -1.26. The van der Waals surface area contributed by atoms with E-state index >= 15 is 0 Å². The summed E-state index contributed by atoms with van der Waals surface area (Å²) in [6.07, 6.45) is -0.0851. The third-order valence-electron chi connectivity index (χ3n) is 5.96. The fourth-order valence-corrected chi connectivity index (χ4v) is 3.84. The molecule has 0 saturated heterocycles. The first-order chi connectivity index (χ1) is 18.3. The van der Waals surface area contributed by atoms with Gasteiger partial charge in [-0.05, 0) is 72.4 Å². The maximum absolute atomic E-state index is 11.4. The highest BCUT2D eigenvalue weighted by Gasteiger charge is 2.21. The predicted molar refractivity (Wildman–Crippen MR) is 140 cm³/mol. The van der Waals surface area contributed by atoms with E-state index in [2.05, 4.69) is 0 Å². The zero-order chi connectivity index (χ0) is 28.9. The Morgan fingerprint density at radius 2 is 1.10 bits per heavy atom. The van der Waals surface area contributed by atoms with Gasteiger partial charge < -0.3 is 47.5 Å². The third-order valence-corrected chi connectivity index (χ3v) is 5.96. The molecule has 39 heavy (non-hydrogen) atoms. The van der Waals surface area contributed by atoms with Gasteiger partial charge in [0.2, 0.25) is 0 Å². The predicted octanol–water partition coefficient (Wildman–Crippen LogP) is 1.42. The van der Waals surface area contributed by atoms with Crippen LogP contribution in [0.5, 0.6) is 23.0 Å². The molecule has 0 aliphatic rings. The van der Waals surface area contributed by atoms with Gasteiger partial charge in [0, 0.05) is 11.1 Å². The van der Waals surface area contributed by atoms with Gasteiger partial charge in [0.15, 0.2) is 11.5 Å². The van der Waals surface area contributed by atoms with Crippen molar-refractivity contribution in [3.63, 3.8) is 0 Å². The average Bonchev–Trinajstić information content (AvgIpc) is 2.87. The van der Waals surface area contributed by atoms with Crippen molar-refractivity contribution in [2.75, 3.05) is 0 Å². The van der Waals surface area contributed by atoms with Gasteiger partial charge in [-0.15, -0.1) is 0 Å². The van der Waals surface area contributed by atoms with Crippen molar-refractivity contribution in [3.05, 3.63) is 71.3 Å². The van der Waals surface area contributed by atoms with Crippen LogP contribution in [0.2, 0.25) is 0 Å². The summed E-state index contributed by atoms with van der Waals surface area (Å²) in [5.74, 6) is -3.99. The third kappa shape index (κ3) is 7.45. The lowest BCUT2D eigenvalue weighted by molar-refractivity contribution is -0.139. The van der Waals surface area contributed by atoms with Gasteiger partial charge in [-0.2, -0.15) is 0 Å². The van der Waals surface area contributed by atoms with Crippen LogP contribution in [-0.4, -0.2) is 61.6 Å². The number of hydrogen-bond acceptors (Lipinski definition) is 9. The number of carboxylic acid groups (broad SMARTS) is 3. The Hall–Kier alpha value is -4.65. The first-order valence-corrected chi connectivity index (χ1v) is 11.8. The summed E-state index contributed by atoms with van der Waals surface area (Å²) in [5, 5.41) is 49.1. The van der Waals surface area contributed by atoms with E-state index in [0.717, 1.165) is 0 Å². The molecule has 0 aliphatic carbocycles. The molecule has 0 aliphatic heterocycles. The van der Waals surface area contributed by atoms with Gasteiger partial charge in [-0.3, -0.25) is 14.4 Å². The minimum Gasteiger partial charge on any atom is -0.507 e. The molecule has 3 aromatic rings. The Morgan fingerprint density at radius 3 is 1.64 bits per heavy atom. The number of phenolic OH excluding ortho intramolecular Hbond substituents is 2. The molecular weight excluding hydrogens is 510 g/mol. The highest BCUT2D eigenvalue weighted by molar-refractivity contribution is 5.80. The number of aliphatic carboxylic acids is 3. The molecule has 0 fully saturated rings. The van der Waals surface area contributed by atoms with Crippen molar-refractivity contribution in [1.82, 2.24) is 0 Å². The molecule has 0 heterocycles. The van der Waals surface area contributed by atoms with E-state index in [9.17, 15) is 29.7 Å². The Labute approximate surface area is 222 Å². The van der Waals surface area contributed by atoms with Crippen LogP contribution in [0, 0.1) is 0 Å². The van der Waals surface area contributed by atoms with E-state index in [0.29, 0.717) is 16.7 Å². The fourth-order valence-electron chi connectivity index (χ4n) is 3.84. The normalized spacial score (nSPS) is 13.3. The highest BCUT2D eigenvalue weighted by Crippen LogP contribution is 2.44. The number of benzene rings is 3. The number of hydrogen-bond donors (Lipinski definition) is 8. The van der Waals surface area contributed by atoms with Crippen LogP contribution in [0.25, 0.3) is 11.1 Å². The molecule has 0 amide bonds. The number of nitrogens with two attached hydrogens (primary N) is 3. The molecule has 12 heteroatoms. The van der Waals surface area contributed by atoms with Crippen LogP contribution >= 0.6 is 0 Å². The first-order valence-electron chi connectivity index (χ1n) is 11.8. The first kappa shape index (κ1) is 28.9. The second-order valence-electron chi connectivity index (χ2n) is 9.03. The SMILES string of the molecule is N[C@@H](Cc1ccc(Oc2cc(C[C@H](N)C(=O)O)cc(-c3cc(C[C@H](N)C(=O)O)ccc3O)c2O)cc1)C(=O)O. The Bertz CT molecular complexity index is 1380. The zero-order valence-corrected chi connectivity index (χ0v) is 20.7. The van der Waals surface area contributed by atoms with Crippen molar-refractivity contribution in [1.29, 1.82) is 0 Å². The summed E-state index contributed by atoms with van der Waals surface area (Å²) in [6, 6.07) is 9.95. The van der Waals surface area contributed by atoms with Crippen LogP contribution in [0.3, 0.4) is 0 Å². The van der Waals surface area contributed by atoms with Crippen LogP contribution in [0.1, 0.15) is 16.7 Å². The number of carbonyl (C=O) groups is 3.